The van der Waals surface area contributed by atoms with Gasteiger partial charge in [-0.15, -0.1) is 0 Å². The number of aromatic nitrogens is 2. The van der Waals surface area contributed by atoms with Crippen LogP contribution in [0.2, 0.25) is 0 Å². The molecule has 1 aromatic rings. The van der Waals surface area contributed by atoms with Crippen LogP contribution in [0.1, 0.15) is 52.0 Å². The van der Waals surface area contributed by atoms with E-state index in [1.54, 1.807) is 12.5 Å². The Morgan fingerprint density at radius 1 is 1.41 bits per heavy atom. The molecule has 0 spiro atoms. The number of carbonyl (C=O) groups is 1. The van der Waals surface area contributed by atoms with Crippen molar-refractivity contribution in [1.29, 1.82) is 0 Å². The summed E-state index contributed by atoms with van der Waals surface area (Å²) in [6.45, 7) is 4.74. The van der Waals surface area contributed by atoms with Crippen LogP contribution in [-0.2, 0) is 9.53 Å². The van der Waals surface area contributed by atoms with E-state index in [0.717, 1.165) is 25.7 Å². The molecule has 0 aliphatic carbocycles. The second-order valence-corrected chi connectivity index (χ2v) is 4.23. The minimum Gasteiger partial charge on any atom is -0.466 e. The van der Waals surface area contributed by atoms with Crippen molar-refractivity contribution in [3.05, 3.63) is 18.7 Å². The third-order valence-electron chi connectivity index (χ3n) is 2.73. The highest BCUT2D eigenvalue weighted by Crippen LogP contribution is 2.18. The Bertz CT molecular complexity index is 309. The third kappa shape index (κ3) is 5.02. The first kappa shape index (κ1) is 13.7. The average Bonchev–Trinajstić information content (AvgIpc) is 2.82. The molecule has 1 atom stereocenters. The highest BCUT2D eigenvalue weighted by atomic mass is 16.5. The van der Waals surface area contributed by atoms with Crippen molar-refractivity contribution in [1.82, 2.24) is 9.55 Å². The van der Waals surface area contributed by atoms with Crippen LogP contribution in [-0.4, -0.2) is 22.1 Å². The lowest BCUT2D eigenvalue weighted by atomic mass is 10.1. The van der Waals surface area contributed by atoms with Crippen LogP contribution < -0.4 is 0 Å². The maximum absolute atomic E-state index is 11.6. The van der Waals surface area contributed by atoms with Crippen molar-refractivity contribution in [3.63, 3.8) is 0 Å². The molecular weight excluding hydrogens is 216 g/mol. The first-order valence-corrected chi connectivity index (χ1v) is 6.41. The maximum Gasteiger partial charge on any atom is 0.307 e. The van der Waals surface area contributed by atoms with Gasteiger partial charge in [-0.25, -0.2) is 4.98 Å². The second kappa shape index (κ2) is 7.87. The van der Waals surface area contributed by atoms with E-state index < -0.39 is 0 Å². The van der Waals surface area contributed by atoms with Crippen LogP contribution in [0.3, 0.4) is 0 Å². The van der Waals surface area contributed by atoms with Crippen LogP contribution in [0.4, 0.5) is 0 Å². The second-order valence-electron chi connectivity index (χ2n) is 4.23. The number of rotatable bonds is 8. The van der Waals surface area contributed by atoms with Crippen LogP contribution in [0, 0.1) is 0 Å². The Kier molecular flexibility index (Phi) is 6.37. The molecule has 0 saturated heterocycles. The Labute approximate surface area is 103 Å². The van der Waals surface area contributed by atoms with Crippen LogP contribution in [0.15, 0.2) is 18.7 Å². The fourth-order valence-corrected chi connectivity index (χ4v) is 1.76. The molecule has 0 N–H and O–H groups in total. The van der Waals surface area contributed by atoms with Crippen molar-refractivity contribution < 1.29 is 9.53 Å². The molecule has 96 valence electrons. The van der Waals surface area contributed by atoms with Gasteiger partial charge < -0.3 is 9.30 Å². The maximum atomic E-state index is 11.6. The molecule has 0 amide bonds. The summed E-state index contributed by atoms with van der Waals surface area (Å²) < 4.78 is 7.18. The molecule has 1 aromatic heterocycles. The van der Waals surface area contributed by atoms with Gasteiger partial charge in [0.15, 0.2) is 0 Å². The number of ether oxygens (including phenoxy) is 1. The molecule has 17 heavy (non-hydrogen) atoms. The van der Waals surface area contributed by atoms with Crippen LogP contribution in [0.25, 0.3) is 0 Å². The summed E-state index contributed by atoms with van der Waals surface area (Å²) in [4.78, 5) is 15.7. The Balaban J connectivity index is 2.41. The number of esters is 1. The first-order valence-electron chi connectivity index (χ1n) is 6.41. The van der Waals surface area contributed by atoms with Gasteiger partial charge in [-0.05, 0) is 12.8 Å². The Morgan fingerprint density at radius 2 is 2.24 bits per heavy atom. The predicted octanol–water partition coefficient (Wildman–Crippen LogP) is 2.96. The zero-order chi connectivity index (χ0) is 12.5. The number of imidazole rings is 1. The minimum atomic E-state index is -0.106. The van der Waals surface area contributed by atoms with E-state index in [4.69, 9.17) is 4.74 Å². The normalized spacial score (nSPS) is 12.4. The Morgan fingerprint density at radius 3 is 2.82 bits per heavy atom. The minimum absolute atomic E-state index is 0.106. The molecule has 0 bridgehead atoms. The lowest BCUT2D eigenvalue weighted by Crippen LogP contribution is -2.15. The van der Waals surface area contributed by atoms with E-state index >= 15 is 0 Å². The molecule has 0 aliphatic rings. The largest absolute Gasteiger partial charge is 0.466 e. The quantitative estimate of drug-likeness (QED) is 0.516. The number of nitrogens with zero attached hydrogens (tertiary/aromatic N) is 2. The molecule has 0 aliphatic heterocycles. The standard InChI is InChI=1S/C13H22N2O2/c1-3-5-9-17-13(16)10-12(6-4-2)15-8-7-14-11-15/h7-8,11-12H,3-6,9-10H2,1-2H3. The van der Waals surface area contributed by atoms with E-state index in [0.29, 0.717) is 13.0 Å². The highest BCUT2D eigenvalue weighted by Gasteiger charge is 2.15. The van der Waals surface area contributed by atoms with E-state index in [-0.39, 0.29) is 12.0 Å². The van der Waals surface area contributed by atoms with Crippen LogP contribution in [0.5, 0.6) is 0 Å². The molecule has 4 nitrogen and oxygen atoms in total. The van der Waals surface area contributed by atoms with Gasteiger partial charge in [-0.1, -0.05) is 26.7 Å². The topological polar surface area (TPSA) is 44.1 Å². The monoisotopic (exact) mass is 238 g/mol. The number of carbonyl (C=O) groups excluding carboxylic acids is 1. The number of hydrogen-bond acceptors (Lipinski definition) is 3. The van der Waals surface area contributed by atoms with Gasteiger partial charge in [-0.3, -0.25) is 4.79 Å². The summed E-state index contributed by atoms with van der Waals surface area (Å²) in [5.41, 5.74) is 0. The van der Waals surface area contributed by atoms with Crippen molar-refractivity contribution >= 4 is 5.97 Å². The van der Waals surface area contributed by atoms with Crippen molar-refractivity contribution in [3.8, 4) is 0 Å². The fourth-order valence-electron chi connectivity index (χ4n) is 1.76. The zero-order valence-corrected chi connectivity index (χ0v) is 10.8. The number of unbranched alkanes of at least 4 members (excludes halogenated alkanes) is 1. The van der Waals surface area contributed by atoms with Gasteiger partial charge in [-0.2, -0.15) is 0 Å². The van der Waals surface area contributed by atoms with E-state index in [9.17, 15) is 4.79 Å². The number of hydrogen-bond donors (Lipinski definition) is 0. The summed E-state index contributed by atoms with van der Waals surface area (Å²) in [6.07, 6.45) is 9.85. The van der Waals surface area contributed by atoms with Crippen molar-refractivity contribution in [2.45, 2.75) is 52.0 Å². The van der Waals surface area contributed by atoms with Crippen molar-refractivity contribution in [2.24, 2.45) is 0 Å². The molecule has 0 saturated carbocycles. The summed E-state index contributed by atoms with van der Waals surface area (Å²) in [5, 5.41) is 0. The molecular formula is C13H22N2O2. The molecule has 1 heterocycles. The first-order chi connectivity index (χ1) is 8.27. The molecule has 0 radical (unpaired) electrons. The summed E-state index contributed by atoms with van der Waals surface area (Å²) in [5.74, 6) is -0.106. The smallest absolute Gasteiger partial charge is 0.307 e. The average molecular weight is 238 g/mol. The molecule has 0 aromatic carbocycles. The highest BCUT2D eigenvalue weighted by molar-refractivity contribution is 5.69. The predicted molar refractivity (Wildman–Crippen MR) is 66.7 cm³/mol. The van der Waals surface area contributed by atoms with Gasteiger partial charge in [0.05, 0.1) is 19.4 Å². The van der Waals surface area contributed by atoms with Gasteiger partial charge in [0, 0.05) is 18.4 Å². The van der Waals surface area contributed by atoms with E-state index in [1.165, 1.54) is 0 Å². The van der Waals surface area contributed by atoms with Gasteiger partial charge in [0.2, 0.25) is 0 Å². The van der Waals surface area contributed by atoms with Crippen molar-refractivity contribution in [2.75, 3.05) is 6.61 Å². The van der Waals surface area contributed by atoms with Crippen LogP contribution >= 0.6 is 0 Å². The molecule has 0 fully saturated rings. The Hall–Kier alpha value is -1.32. The molecule has 4 heteroatoms. The van der Waals surface area contributed by atoms with Gasteiger partial charge in [0.25, 0.3) is 0 Å². The summed E-state index contributed by atoms with van der Waals surface area (Å²) in [6, 6.07) is 0.177. The molecule has 1 unspecified atom stereocenters. The van der Waals surface area contributed by atoms with E-state index in [2.05, 4.69) is 18.8 Å². The summed E-state index contributed by atoms with van der Waals surface area (Å²) >= 11 is 0. The third-order valence-corrected chi connectivity index (χ3v) is 2.73. The lowest BCUT2D eigenvalue weighted by Gasteiger charge is -2.16. The van der Waals surface area contributed by atoms with Gasteiger partial charge >= 0.3 is 5.97 Å². The molecule has 1 rings (SSSR count). The fraction of sp³-hybridized carbons (Fsp3) is 0.692. The van der Waals surface area contributed by atoms with Gasteiger partial charge in [0.1, 0.15) is 0 Å². The summed E-state index contributed by atoms with van der Waals surface area (Å²) in [7, 11) is 0. The SMILES string of the molecule is CCCCOC(=O)CC(CCC)n1ccnc1. The van der Waals surface area contributed by atoms with E-state index in [1.807, 2.05) is 10.8 Å². The lowest BCUT2D eigenvalue weighted by molar-refractivity contribution is -0.144. The zero-order valence-electron chi connectivity index (χ0n) is 10.8.